The molecule has 9 heteroatoms. The summed E-state index contributed by atoms with van der Waals surface area (Å²) in [5.74, 6) is -2.89. The topological polar surface area (TPSA) is 127 Å². The highest BCUT2D eigenvalue weighted by Crippen LogP contribution is 2.42. The third-order valence-corrected chi connectivity index (χ3v) is 5.46. The van der Waals surface area contributed by atoms with Crippen LogP contribution < -0.4 is 4.90 Å². The lowest BCUT2D eigenvalue weighted by molar-refractivity contribution is -0.384. The summed E-state index contributed by atoms with van der Waals surface area (Å²) in [5.41, 5.74) is 0.789. The first kappa shape index (κ1) is 22.4. The van der Waals surface area contributed by atoms with Gasteiger partial charge < -0.3 is 9.84 Å². The number of benzene rings is 3. The lowest BCUT2D eigenvalue weighted by atomic mass is 9.95. The molecule has 4 rings (SSSR count). The summed E-state index contributed by atoms with van der Waals surface area (Å²) in [4.78, 5) is 49.9. The van der Waals surface area contributed by atoms with E-state index in [1.807, 2.05) is 0 Å². The SMILES string of the molecule is COC(=O)c1cccc(N2C(=O)C(=O)/C(=C(/O)c3ccc([N+](=O)[O-])cc3)C2c2ccccc2)c1. The zero-order valence-corrected chi connectivity index (χ0v) is 17.9. The van der Waals surface area contributed by atoms with Crippen molar-refractivity contribution in [1.29, 1.82) is 0 Å². The summed E-state index contributed by atoms with van der Waals surface area (Å²) in [6.07, 6.45) is 0. The smallest absolute Gasteiger partial charge is 0.337 e. The van der Waals surface area contributed by atoms with Crippen molar-refractivity contribution < 1.29 is 29.2 Å². The predicted molar refractivity (Wildman–Crippen MR) is 122 cm³/mol. The molecule has 1 aliphatic heterocycles. The number of hydrogen-bond donors (Lipinski definition) is 1. The van der Waals surface area contributed by atoms with E-state index < -0.39 is 34.4 Å². The maximum atomic E-state index is 13.2. The molecule has 3 aromatic carbocycles. The molecule has 9 nitrogen and oxygen atoms in total. The van der Waals surface area contributed by atoms with Crippen molar-refractivity contribution >= 4 is 34.8 Å². The van der Waals surface area contributed by atoms with Crippen LogP contribution in [-0.2, 0) is 14.3 Å². The van der Waals surface area contributed by atoms with E-state index in [1.165, 1.54) is 48.4 Å². The van der Waals surface area contributed by atoms with Gasteiger partial charge in [0.05, 0.1) is 29.2 Å². The number of hydrogen-bond acceptors (Lipinski definition) is 7. The fourth-order valence-corrected chi connectivity index (χ4v) is 3.85. The summed E-state index contributed by atoms with van der Waals surface area (Å²) in [6, 6.07) is 18.7. The number of methoxy groups -OCH3 is 1. The molecule has 1 amide bonds. The van der Waals surface area contributed by atoms with Crippen LogP contribution in [0.2, 0.25) is 0 Å². The van der Waals surface area contributed by atoms with E-state index in [-0.39, 0.29) is 28.1 Å². The Hall–Kier alpha value is -4.79. The van der Waals surface area contributed by atoms with E-state index in [1.54, 1.807) is 42.5 Å². The Morgan fingerprint density at radius 3 is 2.26 bits per heavy atom. The van der Waals surface area contributed by atoms with Crippen molar-refractivity contribution in [3.8, 4) is 0 Å². The van der Waals surface area contributed by atoms with Crippen molar-refractivity contribution in [2.75, 3.05) is 12.0 Å². The van der Waals surface area contributed by atoms with Crippen LogP contribution >= 0.6 is 0 Å². The number of nitro benzene ring substituents is 1. The van der Waals surface area contributed by atoms with Gasteiger partial charge in [-0.05, 0) is 35.9 Å². The predicted octanol–water partition coefficient (Wildman–Crippen LogP) is 4.01. The Morgan fingerprint density at radius 1 is 0.971 bits per heavy atom. The van der Waals surface area contributed by atoms with E-state index in [4.69, 9.17) is 4.74 Å². The number of Topliss-reactive ketones (excluding diaryl/α,β-unsaturated/α-hetero) is 1. The van der Waals surface area contributed by atoms with Gasteiger partial charge in [-0.1, -0.05) is 36.4 Å². The molecule has 1 saturated heterocycles. The Bertz CT molecular complexity index is 1330. The number of esters is 1. The Balaban J connectivity index is 1.90. The van der Waals surface area contributed by atoms with Crippen LogP contribution in [-0.4, -0.2) is 34.8 Å². The molecule has 0 spiro atoms. The van der Waals surface area contributed by atoms with Gasteiger partial charge in [-0.3, -0.25) is 24.6 Å². The fraction of sp³-hybridized carbons (Fsp3) is 0.0800. The molecule has 0 aromatic heterocycles. The number of carbonyl (C=O) groups is 3. The molecular formula is C25H18N2O7. The first-order valence-electron chi connectivity index (χ1n) is 10.1. The molecule has 1 N–H and O–H groups in total. The van der Waals surface area contributed by atoms with Gasteiger partial charge in [0.2, 0.25) is 0 Å². The Kier molecular flexibility index (Phi) is 5.92. The van der Waals surface area contributed by atoms with Crippen LogP contribution in [0.4, 0.5) is 11.4 Å². The highest BCUT2D eigenvalue weighted by Gasteiger charge is 2.47. The maximum Gasteiger partial charge on any atom is 0.337 e. The Morgan fingerprint density at radius 2 is 1.65 bits per heavy atom. The van der Waals surface area contributed by atoms with Crippen LogP contribution in [0.5, 0.6) is 0 Å². The highest BCUT2D eigenvalue weighted by atomic mass is 16.6. The molecule has 1 atom stereocenters. The maximum absolute atomic E-state index is 13.2. The number of carbonyl (C=O) groups excluding carboxylic acids is 3. The first-order chi connectivity index (χ1) is 16.3. The zero-order valence-electron chi connectivity index (χ0n) is 17.9. The molecule has 34 heavy (non-hydrogen) atoms. The Labute approximate surface area is 193 Å². The van der Waals surface area contributed by atoms with Crippen molar-refractivity contribution in [2.24, 2.45) is 0 Å². The first-order valence-corrected chi connectivity index (χ1v) is 10.1. The fourth-order valence-electron chi connectivity index (χ4n) is 3.85. The second kappa shape index (κ2) is 8.99. The molecule has 3 aromatic rings. The third-order valence-electron chi connectivity index (χ3n) is 5.46. The van der Waals surface area contributed by atoms with Gasteiger partial charge in [-0.2, -0.15) is 0 Å². The van der Waals surface area contributed by atoms with Gasteiger partial charge in [-0.25, -0.2) is 4.79 Å². The van der Waals surface area contributed by atoms with Gasteiger partial charge in [0.15, 0.2) is 0 Å². The molecule has 170 valence electrons. The summed E-state index contributed by atoms with van der Waals surface area (Å²) < 4.78 is 4.75. The van der Waals surface area contributed by atoms with Gasteiger partial charge in [0.25, 0.3) is 17.4 Å². The van der Waals surface area contributed by atoms with Crippen molar-refractivity contribution in [3.05, 3.63) is 111 Å². The zero-order chi connectivity index (χ0) is 24.4. The standard InChI is InChI=1S/C25H18N2O7/c1-34-25(31)17-8-5-9-19(14-17)26-21(15-6-3-2-4-7-15)20(23(29)24(26)30)22(28)16-10-12-18(13-11-16)27(32)33/h2-14,21,28H,1H3/b22-20+. The number of ether oxygens (including phenoxy) is 1. The normalized spacial score (nSPS) is 17.0. The van der Waals surface area contributed by atoms with Gasteiger partial charge in [0, 0.05) is 23.4 Å². The van der Waals surface area contributed by atoms with Crippen LogP contribution in [0.1, 0.15) is 27.5 Å². The average Bonchev–Trinajstić information content (AvgIpc) is 3.14. The quantitative estimate of drug-likeness (QED) is 0.153. The molecule has 1 unspecified atom stereocenters. The second-order valence-electron chi connectivity index (χ2n) is 7.43. The molecule has 1 aliphatic rings. The van der Waals surface area contributed by atoms with Crippen LogP contribution in [0.25, 0.3) is 5.76 Å². The highest BCUT2D eigenvalue weighted by molar-refractivity contribution is 6.51. The van der Waals surface area contributed by atoms with E-state index in [9.17, 15) is 29.6 Å². The lowest BCUT2D eigenvalue weighted by Gasteiger charge is -2.25. The van der Waals surface area contributed by atoms with Gasteiger partial charge in [0.1, 0.15) is 5.76 Å². The number of rotatable bonds is 5. The number of ketones is 1. The number of amides is 1. The summed E-state index contributed by atoms with van der Waals surface area (Å²) in [6.45, 7) is 0. The van der Waals surface area contributed by atoms with E-state index in [0.29, 0.717) is 5.56 Å². The van der Waals surface area contributed by atoms with Crippen molar-refractivity contribution in [1.82, 2.24) is 0 Å². The van der Waals surface area contributed by atoms with E-state index >= 15 is 0 Å². The minimum Gasteiger partial charge on any atom is -0.507 e. The molecule has 0 saturated carbocycles. The minimum atomic E-state index is -0.996. The molecular weight excluding hydrogens is 440 g/mol. The number of nitro groups is 1. The number of anilines is 1. The lowest BCUT2D eigenvalue weighted by Crippen LogP contribution is -2.29. The monoisotopic (exact) mass is 458 g/mol. The molecule has 0 bridgehead atoms. The summed E-state index contributed by atoms with van der Waals surface area (Å²) in [5, 5.41) is 22.0. The van der Waals surface area contributed by atoms with Crippen LogP contribution in [0, 0.1) is 10.1 Å². The van der Waals surface area contributed by atoms with Gasteiger partial charge in [-0.15, -0.1) is 0 Å². The molecule has 1 heterocycles. The van der Waals surface area contributed by atoms with Gasteiger partial charge >= 0.3 is 5.97 Å². The molecule has 0 aliphatic carbocycles. The second-order valence-corrected chi connectivity index (χ2v) is 7.43. The number of aliphatic hydroxyl groups excluding tert-OH is 1. The van der Waals surface area contributed by atoms with E-state index in [0.717, 1.165) is 0 Å². The largest absolute Gasteiger partial charge is 0.507 e. The molecule has 0 radical (unpaired) electrons. The number of aliphatic hydroxyl groups is 1. The van der Waals surface area contributed by atoms with Crippen molar-refractivity contribution in [2.45, 2.75) is 6.04 Å². The summed E-state index contributed by atoms with van der Waals surface area (Å²) in [7, 11) is 1.23. The van der Waals surface area contributed by atoms with E-state index in [2.05, 4.69) is 0 Å². The number of non-ortho nitro benzene ring substituents is 1. The summed E-state index contributed by atoms with van der Waals surface area (Å²) >= 11 is 0. The molecule has 1 fully saturated rings. The number of nitrogens with zero attached hydrogens (tertiary/aromatic N) is 2. The van der Waals surface area contributed by atoms with Crippen LogP contribution in [0.3, 0.4) is 0 Å². The third kappa shape index (κ3) is 3.90. The average molecular weight is 458 g/mol. The van der Waals surface area contributed by atoms with Crippen molar-refractivity contribution in [3.63, 3.8) is 0 Å². The minimum absolute atomic E-state index is 0.146. The van der Waals surface area contributed by atoms with Crippen LogP contribution in [0.15, 0.2) is 84.4 Å².